The Kier molecular flexibility index (Phi) is 5.13. The van der Waals surface area contributed by atoms with Crippen LogP contribution in [0, 0.1) is 5.92 Å². The van der Waals surface area contributed by atoms with Crippen LogP contribution >= 0.6 is 0 Å². The molecule has 0 unspecified atom stereocenters. The van der Waals surface area contributed by atoms with E-state index in [0.717, 1.165) is 0 Å². The first-order valence-corrected chi connectivity index (χ1v) is 5.93. The average molecular weight is 284 g/mol. The fourth-order valence-electron chi connectivity index (χ4n) is 1.90. The number of halogens is 4. The number of hydrogen-bond acceptors (Lipinski definition) is 2. The number of carbonyl (C=O) groups excluding carboxylic acids is 2. The molecule has 19 heavy (non-hydrogen) atoms. The van der Waals surface area contributed by atoms with E-state index in [1.54, 1.807) is 0 Å². The predicted octanol–water partition coefficient (Wildman–Crippen LogP) is 1.26. The standard InChI is InChI=1S/C11H16F4N2O2/c1-7(18)17-4-2-3-8(5-17)9(19)16-6-11(14,15)10(12)13/h8,10H,2-6H2,1H3,(H,16,19)/t8-/m0/s1. The van der Waals surface area contributed by atoms with Gasteiger partial charge in [0.05, 0.1) is 12.5 Å². The molecule has 0 bridgehead atoms. The zero-order valence-electron chi connectivity index (χ0n) is 10.5. The first-order valence-electron chi connectivity index (χ1n) is 5.93. The van der Waals surface area contributed by atoms with E-state index >= 15 is 0 Å². The van der Waals surface area contributed by atoms with Gasteiger partial charge in [0.1, 0.15) is 0 Å². The molecule has 4 nitrogen and oxygen atoms in total. The predicted molar refractivity (Wildman–Crippen MR) is 58.9 cm³/mol. The van der Waals surface area contributed by atoms with Crippen LogP contribution in [-0.4, -0.2) is 48.7 Å². The summed E-state index contributed by atoms with van der Waals surface area (Å²) in [7, 11) is 0. The summed E-state index contributed by atoms with van der Waals surface area (Å²) >= 11 is 0. The van der Waals surface area contributed by atoms with Gasteiger partial charge >= 0.3 is 12.3 Å². The first-order chi connectivity index (χ1) is 8.74. The number of alkyl halides is 4. The maximum atomic E-state index is 12.6. The second-order valence-corrected chi connectivity index (χ2v) is 4.58. The van der Waals surface area contributed by atoms with Crippen LogP contribution in [0.15, 0.2) is 0 Å². The lowest BCUT2D eigenvalue weighted by molar-refractivity contribution is -0.141. The van der Waals surface area contributed by atoms with Crippen LogP contribution in [0.2, 0.25) is 0 Å². The van der Waals surface area contributed by atoms with Gasteiger partial charge in [0, 0.05) is 20.0 Å². The zero-order chi connectivity index (χ0) is 14.6. The van der Waals surface area contributed by atoms with Gasteiger partial charge in [-0.1, -0.05) is 0 Å². The van der Waals surface area contributed by atoms with Crippen molar-refractivity contribution in [2.24, 2.45) is 5.92 Å². The third kappa shape index (κ3) is 4.36. The molecule has 1 saturated heterocycles. The van der Waals surface area contributed by atoms with Gasteiger partial charge in [0.15, 0.2) is 0 Å². The molecule has 1 rings (SSSR count). The van der Waals surface area contributed by atoms with Crippen molar-refractivity contribution in [1.82, 2.24) is 10.2 Å². The molecule has 8 heteroatoms. The molecule has 2 amide bonds. The molecule has 0 spiro atoms. The van der Waals surface area contributed by atoms with Crippen molar-refractivity contribution >= 4 is 11.8 Å². The van der Waals surface area contributed by atoms with E-state index < -0.39 is 30.7 Å². The monoisotopic (exact) mass is 284 g/mol. The van der Waals surface area contributed by atoms with Crippen molar-refractivity contribution in [3.8, 4) is 0 Å². The number of nitrogens with zero attached hydrogens (tertiary/aromatic N) is 1. The van der Waals surface area contributed by atoms with Crippen molar-refractivity contribution in [1.29, 1.82) is 0 Å². The van der Waals surface area contributed by atoms with E-state index in [1.807, 2.05) is 5.32 Å². The van der Waals surface area contributed by atoms with E-state index in [1.165, 1.54) is 11.8 Å². The Balaban J connectivity index is 2.47. The van der Waals surface area contributed by atoms with Gasteiger partial charge < -0.3 is 10.2 Å². The molecule has 0 aromatic rings. The van der Waals surface area contributed by atoms with Crippen LogP contribution in [-0.2, 0) is 9.59 Å². The zero-order valence-corrected chi connectivity index (χ0v) is 10.5. The van der Waals surface area contributed by atoms with Crippen LogP contribution in [0.25, 0.3) is 0 Å². The molecular weight excluding hydrogens is 268 g/mol. The minimum Gasteiger partial charge on any atom is -0.350 e. The Bertz CT molecular complexity index is 350. The van der Waals surface area contributed by atoms with Crippen LogP contribution < -0.4 is 5.32 Å². The number of piperidine rings is 1. The number of hydrogen-bond donors (Lipinski definition) is 1. The quantitative estimate of drug-likeness (QED) is 0.790. The Labute approximate surface area is 108 Å². The van der Waals surface area contributed by atoms with Gasteiger partial charge in [-0.25, -0.2) is 8.78 Å². The highest BCUT2D eigenvalue weighted by molar-refractivity contribution is 5.80. The van der Waals surface area contributed by atoms with Gasteiger partial charge in [0.2, 0.25) is 11.8 Å². The highest BCUT2D eigenvalue weighted by Gasteiger charge is 2.41. The minimum absolute atomic E-state index is 0.140. The minimum atomic E-state index is -4.23. The summed E-state index contributed by atoms with van der Waals surface area (Å²) in [5, 5.41) is 1.83. The maximum absolute atomic E-state index is 12.6. The van der Waals surface area contributed by atoms with Gasteiger partial charge in [-0.05, 0) is 12.8 Å². The molecular formula is C11H16F4N2O2. The fraction of sp³-hybridized carbons (Fsp3) is 0.818. The molecule has 1 atom stereocenters. The van der Waals surface area contributed by atoms with Crippen LogP contribution in [0.1, 0.15) is 19.8 Å². The van der Waals surface area contributed by atoms with Crippen LogP contribution in [0.5, 0.6) is 0 Å². The Morgan fingerprint density at radius 3 is 2.58 bits per heavy atom. The number of carbonyl (C=O) groups is 2. The SMILES string of the molecule is CC(=O)N1CCC[C@H](C(=O)NCC(F)(F)C(F)F)C1. The van der Waals surface area contributed by atoms with Crippen LogP contribution in [0.4, 0.5) is 17.6 Å². The molecule has 0 aromatic carbocycles. The van der Waals surface area contributed by atoms with Gasteiger partial charge in [-0.3, -0.25) is 9.59 Å². The third-order valence-electron chi connectivity index (χ3n) is 3.06. The van der Waals surface area contributed by atoms with E-state index in [4.69, 9.17) is 0 Å². The first kappa shape index (κ1) is 15.7. The maximum Gasteiger partial charge on any atom is 0.324 e. The normalized spacial score (nSPS) is 20.5. The lowest BCUT2D eigenvalue weighted by atomic mass is 9.97. The van der Waals surface area contributed by atoms with E-state index in [0.29, 0.717) is 19.4 Å². The summed E-state index contributed by atoms with van der Waals surface area (Å²) in [6.07, 6.45) is -2.77. The van der Waals surface area contributed by atoms with Gasteiger partial charge in [-0.15, -0.1) is 0 Å². The largest absolute Gasteiger partial charge is 0.350 e. The summed E-state index contributed by atoms with van der Waals surface area (Å²) in [5.74, 6) is -5.77. The third-order valence-corrected chi connectivity index (χ3v) is 3.06. The number of amides is 2. The molecule has 1 heterocycles. The number of rotatable bonds is 4. The van der Waals surface area contributed by atoms with Gasteiger partial charge in [0.25, 0.3) is 0 Å². The molecule has 1 aliphatic rings. The Hall–Kier alpha value is -1.34. The van der Waals surface area contributed by atoms with Crippen molar-refractivity contribution < 1.29 is 27.2 Å². The Morgan fingerprint density at radius 2 is 2.05 bits per heavy atom. The summed E-state index contributed by atoms with van der Waals surface area (Å²) in [6.45, 7) is 0.624. The topological polar surface area (TPSA) is 49.4 Å². The molecule has 0 aromatic heterocycles. The second-order valence-electron chi connectivity index (χ2n) is 4.58. The summed E-state index contributed by atoms with van der Waals surface area (Å²) in [4.78, 5) is 24.2. The highest BCUT2D eigenvalue weighted by atomic mass is 19.3. The number of nitrogens with one attached hydrogen (secondary N) is 1. The number of likely N-dealkylation sites (tertiary alicyclic amines) is 1. The van der Waals surface area contributed by atoms with E-state index in [-0.39, 0.29) is 12.5 Å². The van der Waals surface area contributed by atoms with Crippen molar-refractivity contribution in [3.63, 3.8) is 0 Å². The highest BCUT2D eigenvalue weighted by Crippen LogP contribution is 2.22. The lowest BCUT2D eigenvalue weighted by Crippen LogP contribution is -2.48. The van der Waals surface area contributed by atoms with Crippen molar-refractivity contribution in [2.45, 2.75) is 32.1 Å². The van der Waals surface area contributed by atoms with Crippen molar-refractivity contribution in [3.05, 3.63) is 0 Å². The molecule has 1 N–H and O–H groups in total. The van der Waals surface area contributed by atoms with Gasteiger partial charge in [-0.2, -0.15) is 8.78 Å². The lowest BCUT2D eigenvalue weighted by Gasteiger charge is -2.31. The molecule has 0 saturated carbocycles. The second kappa shape index (κ2) is 6.21. The summed E-state index contributed by atoms with van der Waals surface area (Å²) in [6, 6.07) is 0. The molecule has 110 valence electrons. The van der Waals surface area contributed by atoms with E-state index in [9.17, 15) is 27.2 Å². The van der Waals surface area contributed by atoms with E-state index in [2.05, 4.69) is 0 Å². The fourth-order valence-corrected chi connectivity index (χ4v) is 1.90. The summed E-state index contributed by atoms with van der Waals surface area (Å²) < 4.78 is 49.1. The van der Waals surface area contributed by atoms with Crippen molar-refractivity contribution in [2.75, 3.05) is 19.6 Å². The molecule has 1 aliphatic heterocycles. The average Bonchev–Trinajstić information content (AvgIpc) is 2.36. The van der Waals surface area contributed by atoms with Crippen LogP contribution in [0.3, 0.4) is 0 Å². The smallest absolute Gasteiger partial charge is 0.324 e. The Morgan fingerprint density at radius 1 is 1.42 bits per heavy atom. The molecule has 0 radical (unpaired) electrons. The molecule has 1 fully saturated rings. The molecule has 0 aliphatic carbocycles. The summed E-state index contributed by atoms with van der Waals surface area (Å²) in [5.41, 5.74) is 0.